The van der Waals surface area contributed by atoms with E-state index in [0.717, 1.165) is 21.4 Å². The van der Waals surface area contributed by atoms with Crippen molar-refractivity contribution in [3.63, 3.8) is 0 Å². The molecule has 8 heteroatoms. The number of nitrogen functional groups attached to an aromatic ring is 1. The molecule has 2 N–H and O–H groups in total. The zero-order chi connectivity index (χ0) is 24.0. The largest absolute Gasteiger partial charge is 0.490 e. The fraction of sp³-hybridized carbons (Fsp3) is 0.240. The summed E-state index contributed by atoms with van der Waals surface area (Å²) in [6.45, 7) is 4.66. The lowest BCUT2D eigenvalue weighted by molar-refractivity contribution is 0.0941. The van der Waals surface area contributed by atoms with Crippen LogP contribution in [0.5, 0.6) is 5.75 Å². The van der Waals surface area contributed by atoms with Crippen molar-refractivity contribution in [2.24, 2.45) is 7.05 Å². The minimum atomic E-state index is -0.691. The molecule has 0 unspecified atom stereocenters. The van der Waals surface area contributed by atoms with Crippen LogP contribution in [0, 0.1) is 0 Å². The van der Waals surface area contributed by atoms with Gasteiger partial charge in [0, 0.05) is 13.6 Å². The summed E-state index contributed by atoms with van der Waals surface area (Å²) < 4.78 is 7.65. The lowest BCUT2D eigenvalue weighted by Gasteiger charge is -2.18. The van der Waals surface area contributed by atoms with Crippen LogP contribution in [-0.2, 0) is 20.1 Å². The van der Waals surface area contributed by atoms with Gasteiger partial charge in [-0.25, -0.2) is 4.79 Å². The number of nitrogens with zero attached hydrogens (tertiary/aromatic N) is 3. The van der Waals surface area contributed by atoms with Gasteiger partial charge >= 0.3 is 5.69 Å². The number of carbonyl (C=O) groups is 1. The van der Waals surface area contributed by atoms with E-state index in [4.69, 9.17) is 10.5 Å². The van der Waals surface area contributed by atoms with Gasteiger partial charge in [0.25, 0.3) is 5.56 Å². The van der Waals surface area contributed by atoms with E-state index in [1.807, 2.05) is 54.6 Å². The Labute approximate surface area is 192 Å². The predicted molar refractivity (Wildman–Crippen MR) is 129 cm³/mol. The van der Waals surface area contributed by atoms with Crippen LogP contribution in [0.15, 0.2) is 76.8 Å². The molecule has 1 aromatic heterocycles. The molecular formula is C25H28N4O4. The Balaban J connectivity index is 1.79. The summed E-state index contributed by atoms with van der Waals surface area (Å²) in [4.78, 5) is 40.2. The van der Waals surface area contributed by atoms with Crippen LogP contribution in [0.4, 0.5) is 5.82 Å². The second-order valence-corrected chi connectivity index (χ2v) is 7.82. The minimum Gasteiger partial charge on any atom is -0.490 e. The van der Waals surface area contributed by atoms with Crippen LogP contribution in [0.2, 0.25) is 0 Å². The Bertz CT molecular complexity index is 1240. The number of carbonyl (C=O) groups excluding carboxylic acids is 1. The molecule has 8 nitrogen and oxygen atoms in total. The molecule has 0 fully saturated rings. The van der Waals surface area contributed by atoms with Crippen molar-refractivity contribution in [2.75, 3.05) is 25.9 Å². The van der Waals surface area contributed by atoms with Crippen LogP contribution in [-0.4, -0.2) is 40.0 Å². The molecule has 172 valence electrons. The van der Waals surface area contributed by atoms with Crippen molar-refractivity contribution in [1.29, 1.82) is 0 Å². The molecule has 0 radical (unpaired) electrons. The first-order valence-corrected chi connectivity index (χ1v) is 10.5. The number of rotatable bonds is 10. The lowest BCUT2D eigenvalue weighted by atomic mass is 10.1. The second-order valence-electron chi connectivity index (χ2n) is 7.82. The molecular weight excluding hydrogens is 420 g/mol. The van der Waals surface area contributed by atoms with Gasteiger partial charge in [-0.05, 0) is 30.3 Å². The van der Waals surface area contributed by atoms with Gasteiger partial charge in [-0.15, -0.1) is 0 Å². The van der Waals surface area contributed by atoms with Crippen molar-refractivity contribution in [1.82, 2.24) is 14.0 Å². The molecule has 3 aromatic rings. The minimum absolute atomic E-state index is 0.0301. The van der Waals surface area contributed by atoms with E-state index in [9.17, 15) is 14.4 Å². The predicted octanol–water partition coefficient (Wildman–Crippen LogP) is 2.06. The summed E-state index contributed by atoms with van der Waals surface area (Å²) in [7, 11) is 3.13. The van der Waals surface area contributed by atoms with E-state index in [1.165, 1.54) is 11.6 Å². The summed E-state index contributed by atoms with van der Waals surface area (Å²) in [5.74, 6) is 0.173. The Morgan fingerprint density at radius 2 is 1.76 bits per heavy atom. The third-order valence-corrected chi connectivity index (χ3v) is 5.20. The summed E-state index contributed by atoms with van der Waals surface area (Å²) in [5, 5.41) is 0. The quantitative estimate of drug-likeness (QED) is 0.377. The Hall–Kier alpha value is -3.91. The van der Waals surface area contributed by atoms with Crippen molar-refractivity contribution in [3.8, 4) is 5.75 Å². The SMILES string of the molecule is C=CCOc1ccc(CN(C)CC(=O)c2c(N)n(Cc3ccccc3)c(=O)n(C)c2=O)cc1. The van der Waals surface area contributed by atoms with Gasteiger partial charge in [0.15, 0.2) is 5.78 Å². The first-order valence-electron chi connectivity index (χ1n) is 10.5. The summed E-state index contributed by atoms with van der Waals surface area (Å²) in [6.07, 6.45) is 1.67. The van der Waals surface area contributed by atoms with Gasteiger partial charge in [-0.3, -0.25) is 23.6 Å². The van der Waals surface area contributed by atoms with E-state index in [1.54, 1.807) is 18.0 Å². The third-order valence-electron chi connectivity index (χ3n) is 5.20. The zero-order valence-corrected chi connectivity index (χ0v) is 18.9. The number of ketones is 1. The average Bonchev–Trinajstić information content (AvgIpc) is 2.80. The normalized spacial score (nSPS) is 10.9. The van der Waals surface area contributed by atoms with Gasteiger partial charge in [0.2, 0.25) is 0 Å². The first-order chi connectivity index (χ1) is 15.8. The van der Waals surface area contributed by atoms with Crippen molar-refractivity contribution in [2.45, 2.75) is 13.1 Å². The number of nitrogens with two attached hydrogens (primary N) is 1. The van der Waals surface area contributed by atoms with E-state index in [0.29, 0.717) is 13.2 Å². The summed E-state index contributed by atoms with van der Waals surface area (Å²) in [5.41, 5.74) is 6.56. The molecule has 0 aliphatic carbocycles. The topological polar surface area (TPSA) is 99.6 Å². The zero-order valence-electron chi connectivity index (χ0n) is 18.9. The van der Waals surface area contributed by atoms with Crippen molar-refractivity contribution >= 4 is 11.6 Å². The standard InChI is InChI=1S/C25H28N4O4/c1-4-14-33-20-12-10-19(11-13-20)15-27(2)17-21(30)22-23(26)29(25(32)28(3)24(22)31)16-18-8-6-5-7-9-18/h4-13H,1,14-17,26H2,2-3H3. The molecule has 0 saturated heterocycles. The van der Waals surface area contributed by atoms with Gasteiger partial charge < -0.3 is 10.5 Å². The third kappa shape index (κ3) is 5.67. The smallest absolute Gasteiger partial charge is 0.332 e. The number of likely N-dealkylation sites (N-methyl/N-ethyl adjacent to an activating group) is 1. The maximum atomic E-state index is 13.0. The molecule has 0 atom stereocenters. The average molecular weight is 449 g/mol. The number of benzene rings is 2. The van der Waals surface area contributed by atoms with Crippen molar-refractivity contribution in [3.05, 3.63) is 105 Å². The summed E-state index contributed by atoms with van der Waals surface area (Å²) >= 11 is 0. The van der Waals surface area contributed by atoms with Gasteiger partial charge in [-0.1, -0.05) is 55.1 Å². The monoisotopic (exact) mass is 448 g/mol. The van der Waals surface area contributed by atoms with Crippen LogP contribution in [0.1, 0.15) is 21.5 Å². The number of ether oxygens (including phenoxy) is 1. The second kappa shape index (κ2) is 10.6. The number of hydrogen-bond acceptors (Lipinski definition) is 6. The number of aromatic nitrogens is 2. The number of Topliss-reactive ketones (excluding diaryl/α,β-unsaturated/α-hetero) is 1. The van der Waals surface area contributed by atoms with E-state index >= 15 is 0 Å². The molecule has 0 aliphatic heterocycles. The number of hydrogen-bond donors (Lipinski definition) is 1. The maximum absolute atomic E-state index is 13.0. The molecule has 2 aromatic carbocycles. The molecule has 0 spiro atoms. The molecule has 0 bridgehead atoms. The van der Waals surface area contributed by atoms with Crippen LogP contribution in [0.25, 0.3) is 0 Å². The fourth-order valence-corrected chi connectivity index (χ4v) is 3.50. The summed E-state index contributed by atoms with van der Waals surface area (Å²) in [6, 6.07) is 16.8. The van der Waals surface area contributed by atoms with Crippen LogP contribution < -0.4 is 21.7 Å². The van der Waals surface area contributed by atoms with Crippen LogP contribution in [0.3, 0.4) is 0 Å². The van der Waals surface area contributed by atoms with Gasteiger partial charge in [0.05, 0.1) is 13.1 Å². The first kappa shape index (κ1) is 23.7. The van der Waals surface area contributed by atoms with Gasteiger partial charge in [0.1, 0.15) is 23.7 Å². The maximum Gasteiger partial charge on any atom is 0.332 e. The van der Waals surface area contributed by atoms with E-state index < -0.39 is 17.0 Å². The fourth-order valence-electron chi connectivity index (χ4n) is 3.50. The molecule has 33 heavy (non-hydrogen) atoms. The highest BCUT2D eigenvalue weighted by Crippen LogP contribution is 2.14. The Morgan fingerprint density at radius 3 is 2.39 bits per heavy atom. The van der Waals surface area contributed by atoms with Crippen LogP contribution >= 0.6 is 0 Å². The molecule has 0 saturated carbocycles. The van der Waals surface area contributed by atoms with E-state index in [-0.39, 0.29) is 24.5 Å². The van der Waals surface area contributed by atoms with Crippen molar-refractivity contribution < 1.29 is 9.53 Å². The molecule has 1 heterocycles. The Morgan fingerprint density at radius 1 is 1.09 bits per heavy atom. The molecule has 0 aliphatic rings. The highest BCUT2D eigenvalue weighted by atomic mass is 16.5. The van der Waals surface area contributed by atoms with Gasteiger partial charge in [-0.2, -0.15) is 0 Å². The highest BCUT2D eigenvalue weighted by molar-refractivity contribution is 6.01. The highest BCUT2D eigenvalue weighted by Gasteiger charge is 2.22. The Kier molecular flexibility index (Phi) is 7.63. The molecule has 3 rings (SSSR count). The van der Waals surface area contributed by atoms with E-state index in [2.05, 4.69) is 6.58 Å². The molecule has 0 amide bonds. The lowest BCUT2D eigenvalue weighted by Crippen LogP contribution is -2.44. The number of anilines is 1.